The first-order valence-corrected chi connectivity index (χ1v) is 10.1. The summed E-state index contributed by atoms with van der Waals surface area (Å²) < 4.78 is 15.9. The molecule has 0 saturated carbocycles. The van der Waals surface area contributed by atoms with Gasteiger partial charge in [-0.1, -0.05) is 18.2 Å². The number of urea groups is 1. The lowest BCUT2D eigenvalue weighted by atomic mass is 9.95. The van der Waals surface area contributed by atoms with E-state index < -0.39 is 23.8 Å². The van der Waals surface area contributed by atoms with E-state index in [9.17, 15) is 14.4 Å². The topological polar surface area (TPSA) is 94.2 Å². The summed E-state index contributed by atoms with van der Waals surface area (Å²) in [6.45, 7) is 2.60. The smallest absolute Gasteiger partial charge is 0.330 e. The number of barbiturate groups is 1. The van der Waals surface area contributed by atoms with E-state index in [4.69, 9.17) is 14.2 Å². The van der Waals surface area contributed by atoms with E-state index in [1.165, 1.54) is 0 Å². The van der Waals surface area contributed by atoms with Crippen LogP contribution in [0.3, 0.4) is 0 Å². The van der Waals surface area contributed by atoms with Gasteiger partial charge in [0, 0.05) is 6.54 Å². The fourth-order valence-corrected chi connectivity index (χ4v) is 3.45. The standard InChI is InChI=1S/C23H26N2O6/c1-4-31-17-8-5-15(6-9-17)13-18-21(26)24-23(28)25(22(18)27)12-11-16-7-10-19(29-2)20(14-16)30-3/h5-10,14,18H,4,11-13H2,1-3H3,(H,24,26,28). The van der Waals surface area contributed by atoms with Crippen molar-refractivity contribution in [2.45, 2.75) is 19.8 Å². The Morgan fingerprint density at radius 1 is 0.935 bits per heavy atom. The molecule has 1 fully saturated rings. The van der Waals surface area contributed by atoms with E-state index >= 15 is 0 Å². The third-order valence-corrected chi connectivity index (χ3v) is 5.10. The average Bonchev–Trinajstić information content (AvgIpc) is 2.77. The van der Waals surface area contributed by atoms with Crippen LogP contribution in [0.5, 0.6) is 17.2 Å². The van der Waals surface area contributed by atoms with Crippen LogP contribution in [0.25, 0.3) is 0 Å². The minimum atomic E-state index is -0.957. The minimum Gasteiger partial charge on any atom is -0.494 e. The van der Waals surface area contributed by atoms with Crippen LogP contribution in [0.1, 0.15) is 18.1 Å². The first-order chi connectivity index (χ1) is 15.0. The Kier molecular flexibility index (Phi) is 7.12. The first kappa shape index (κ1) is 22.1. The fourth-order valence-electron chi connectivity index (χ4n) is 3.45. The van der Waals surface area contributed by atoms with Gasteiger partial charge >= 0.3 is 6.03 Å². The number of hydrogen-bond donors (Lipinski definition) is 1. The number of ether oxygens (including phenoxy) is 3. The quantitative estimate of drug-likeness (QED) is 0.620. The van der Waals surface area contributed by atoms with Crippen molar-refractivity contribution in [1.82, 2.24) is 10.2 Å². The van der Waals surface area contributed by atoms with Gasteiger partial charge in [-0.3, -0.25) is 19.8 Å². The van der Waals surface area contributed by atoms with Crippen LogP contribution >= 0.6 is 0 Å². The average molecular weight is 426 g/mol. The summed E-state index contributed by atoms with van der Waals surface area (Å²) in [6.07, 6.45) is 0.626. The number of hydrogen-bond acceptors (Lipinski definition) is 6. The monoisotopic (exact) mass is 426 g/mol. The molecule has 0 radical (unpaired) electrons. The SMILES string of the molecule is CCOc1ccc(CC2C(=O)NC(=O)N(CCc3ccc(OC)c(OC)c3)C2=O)cc1. The van der Waals surface area contributed by atoms with Crippen LogP contribution in [-0.2, 0) is 22.4 Å². The van der Waals surface area contributed by atoms with Gasteiger partial charge < -0.3 is 14.2 Å². The van der Waals surface area contributed by atoms with Crippen molar-refractivity contribution in [2.75, 3.05) is 27.4 Å². The Hall–Kier alpha value is -3.55. The number of imide groups is 2. The summed E-state index contributed by atoms with van der Waals surface area (Å²) in [5.41, 5.74) is 1.68. The summed E-state index contributed by atoms with van der Waals surface area (Å²) in [4.78, 5) is 38.6. The molecule has 1 aliphatic rings. The van der Waals surface area contributed by atoms with Gasteiger partial charge in [-0.25, -0.2) is 4.79 Å². The number of carbonyl (C=O) groups is 3. The lowest BCUT2D eigenvalue weighted by Crippen LogP contribution is -2.58. The Balaban J connectivity index is 1.69. The molecule has 0 aliphatic carbocycles. The summed E-state index contributed by atoms with van der Waals surface area (Å²) >= 11 is 0. The molecule has 0 bridgehead atoms. The van der Waals surface area contributed by atoms with Crippen LogP contribution < -0.4 is 19.5 Å². The molecule has 8 nitrogen and oxygen atoms in total. The molecule has 1 aliphatic heterocycles. The second-order valence-corrected chi connectivity index (χ2v) is 7.06. The molecule has 4 amide bonds. The zero-order valence-corrected chi connectivity index (χ0v) is 17.8. The molecular weight excluding hydrogens is 400 g/mol. The Morgan fingerprint density at radius 3 is 2.26 bits per heavy atom. The normalized spacial score (nSPS) is 16.2. The Bertz CT molecular complexity index is 957. The Morgan fingerprint density at radius 2 is 1.61 bits per heavy atom. The van der Waals surface area contributed by atoms with Crippen LogP contribution in [0.2, 0.25) is 0 Å². The Labute approximate surface area is 181 Å². The van der Waals surface area contributed by atoms with Gasteiger partial charge in [0.05, 0.1) is 20.8 Å². The first-order valence-electron chi connectivity index (χ1n) is 10.1. The fraction of sp³-hybridized carbons (Fsp3) is 0.348. The van der Waals surface area contributed by atoms with E-state index in [1.807, 2.05) is 25.1 Å². The number of nitrogens with one attached hydrogen (secondary N) is 1. The molecule has 1 heterocycles. The van der Waals surface area contributed by atoms with E-state index in [0.717, 1.165) is 21.8 Å². The molecule has 1 saturated heterocycles. The van der Waals surface area contributed by atoms with Gasteiger partial charge in [0.1, 0.15) is 11.7 Å². The van der Waals surface area contributed by atoms with Crippen molar-refractivity contribution >= 4 is 17.8 Å². The molecule has 2 aromatic carbocycles. The summed E-state index contributed by atoms with van der Waals surface area (Å²) in [7, 11) is 3.09. The van der Waals surface area contributed by atoms with Gasteiger partial charge in [0.15, 0.2) is 11.5 Å². The summed E-state index contributed by atoms with van der Waals surface area (Å²) in [5, 5.41) is 2.30. The summed E-state index contributed by atoms with van der Waals surface area (Å²) in [5.74, 6) is -0.148. The number of carbonyl (C=O) groups excluding carboxylic acids is 3. The second kappa shape index (κ2) is 9.97. The third kappa shape index (κ3) is 5.14. The highest BCUT2D eigenvalue weighted by atomic mass is 16.5. The molecule has 31 heavy (non-hydrogen) atoms. The highest BCUT2D eigenvalue weighted by Gasteiger charge is 2.40. The van der Waals surface area contributed by atoms with E-state index in [0.29, 0.717) is 24.5 Å². The number of rotatable bonds is 9. The zero-order chi connectivity index (χ0) is 22.4. The molecule has 1 unspecified atom stereocenters. The van der Waals surface area contributed by atoms with Crippen molar-refractivity contribution in [3.8, 4) is 17.2 Å². The molecule has 1 N–H and O–H groups in total. The molecule has 0 spiro atoms. The molecule has 3 rings (SSSR count). The van der Waals surface area contributed by atoms with Crippen molar-refractivity contribution in [3.63, 3.8) is 0 Å². The van der Waals surface area contributed by atoms with Crippen LogP contribution in [0.15, 0.2) is 42.5 Å². The second-order valence-electron chi connectivity index (χ2n) is 7.06. The van der Waals surface area contributed by atoms with Gasteiger partial charge in [-0.15, -0.1) is 0 Å². The van der Waals surface area contributed by atoms with E-state index in [1.54, 1.807) is 38.5 Å². The van der Waals surface area contributed by atoms with Gasteiger partial charge in [-0.05, 0) is 55.2 Å². The van der Waals surface area contributed by atoms with Crippen molar-refractivity contribution < 1.29 is 28.6 Å². The lowest BCUT2D eigenvalue weighted by Gasteiger charge is -2.30. The van der Waals surface area contributed by atoms with Crippen molar-refractivity contribution in [1.29, 1.82) is 0 Å². The maximum atomic E-state index is 12.9. The molecule has 164 valence electrons. The van der Waals surface area contributed by atoms with Crippen LogP contribution in [0.4, 0.5) is 4.79 Å². The largest absolute Gasteiger partial charge is 0.494 e. The highest BCUT2D eigenvalue weighted by Crippen LogP contribution is 2.28. The lowest BCUT2D eigenvalue weighted by molar-refractivity contribution is -0.142. The van der Waals surface area contributed by atoms with E-state index in [-0.39, 0.29) is 13.0 Å². The predicted octanol–water partition coefficient (Wildman–Crippen LogP) is 2.58. The van der Waals surface area contributed by atoms with Crippen molar-refractivity contribution in [2.24, 2.45) is 5.92 Å². The van der Waals surface area contributed by atoms with Crippen LogP contribution in [0, 0.1) is 5.92 Å². The third-order valence-electron chi connectivity index (χ3n) is 5.10. The molecule has 2 aromatic rings. The maximum Gasteiger partial charge on any atom is 0.330 e. The number of benzene rings is 2. The predicted molar refractivity (Wildman–Crippen MR) is 113 cm³/mol. The number of nitrogens with zero attached hydrogens (tertiary/aromatic N) is 1. The zero-order valence-electron chi connectivity index (χ0n) is 17.8. The van der Waals surface area contributed by atoms with Gasteiger partial charge in [0.2, 0.25) is 11.8 Å². The van der Waals surface area contributed by atoms with Gasteiger partial charge in [-0.2, -0.15) is 0 Å². The number of methoxy groups -OCH3 is 2. The van der Waals surface area contributed by atoms with Crippen molar-refractivity contribution in [3.05, 3.63) is 53.6 Å². The molecule has 0 aromatic heterocycles. The molecule has 1 atom stereocenters. The van der Waals surface area contributed by atoms with E-state index in [2.05, 4.69) is 5.32 Å². The van der Waals surface area contributed by atoms with Crippen LogP contribution in [-0.4, -0.2) is 50.1 Å². The highest BCUT2D eigenvalue weighted by molar-refractivity contribution is 6.16. The minimum absolute atomic E-state index is 0.146. The maximum absolute atomic E-state index is 12.9. The molecule has 8 heteroatoms. The summed E-state index contributed by atoms with van der Waals surface area (Å²) in [6, 6.07) is 11.9. The van der Waals surface area contributed by atoms with Gasteiger partial charge in [0.25, 0.3) is 0 Å². The molecular formula is C23H26N2O6. The number of amides is 4.